The van der Waals surface area contributed by atoms with E-state index >= 15 is 0 Å². The van der Waals surface area contributed by atoms with Crippen LogP contribution in [0.25, 0.3) is 0 Å². The van der Waals surface area contributed by atoms with Crippen molar-refractivity contribution in [2.24, 2.45) is 12.8 Å². The van der Waals surface area contributed by atoms with Crippen LogP contribution >= 0.6 is 0 Å². The predicted octanol–water partition coefficient (Wildman–Crippen LogP) is -0.302. The zero-order valence-electron chi connectivity index (χ0n) is 12.2. The molecule has 9 heteroatoms. The molecule has 0 spiro atoms. The van der Waals surface area contributed by atoms with Gasteiger partial charge in [0.15, 0.2) is 0 Å². The van der Waals surface area contributed by atoms with Gasteiger partial charge >= 0.3 is 5.97 Å². The first kappa shape index (κ1) is 17.2. The van der Waals surface area contributed by atoms with Crippen molar-refractivity contribution in [2.45, 2.75) is 18.2 Å². The molecule has 0 radical (unpaired) electrons. The quantitative estimate of drug-likeness (QED) is 0.694. The summed E-state index contributed by atoms with van der Waals surface area (Å²) in [4.78, 5) is 22.5. The lowest BCUT2D eigenvalue weighted by Crippen LogP contribution is -2.36. The van der Waals surface area contributed by atoms with E-state index in [1.165, 1.54) is 31.0 Å². The van der Waals surface area contributed by atoms with Crippen LogP contribution in [0.3, 0.4) is 0 Å². The molecular formula is C12H19N3O5S. The van der Waals surface area contributed by atoms with E-state index < -0.39 is 21.9 Å². The number of sulfonamides is 1. The van der Waals surface area contributed by atoms with Gasteiger partial charge in [0.2, 0.25) is 10.0 Å². The maximum absolute atomic E-state index is 12.5. The number of hydrogen-bond donors (Lipinski definition) is 1. The van der Waals surface area contributed by atoms with Crippen molar-refractivity contribution in [3.63, 3.8) is 0 Å². The largest absolute Gasteiger partial charge is 0.468 e. The summed E-state index contributed by atoms with van der Waals surface area (Å²) in [6, 6.07) is 1.19. The highest BCUT2D eigenvalue weighted by Crippen LogP contribution is 2.18. The summed E-state index contributed by atoms with van der Waals surface area (Å²) in [5.41, 5.74) is 5.24. The topological polar surface area (TPSA) is 112 Å². The number of aryl methyl sites for hydroxylation is 1. The predicted molar refractivity (Wildman–Crippen MR) is 75.0 cm³/mol. The van der Waals surface area contributed by atoms with E-state index in [4.69, 9.17) is 5.73 Å². The molecule has 8 nitrogen and oxygen atoms in total. The number of rotatable bonds is 7. The van der Waals surface area contributed by atoms with Gasteiger partial charge in [-0.25, -0.2) is 8.42 Å². The van der Waals surface area contributed by atoms with Gasteiger partial charge in [0.25, 0.3) is 5.91 Å². The minimum Gasteiger partial charge on any atom is -0.468 e. The first-order chi connectivity index (χ1) is 9.73. The normalized spacial score (nSPS) is 11.6. The Labute approximate surface area is 123 Å². The van der Waals surface area contributed by atoms with Crippen molar-refractivity contribution in [2.75, 3.05) is 20.2 Å². The number of aromatic nitrogens is 1. The third kappa shape index (κ3) is 3.82. The molecule has 0 bridgehead atoms. The van der Waals surface area contributed by atoms with Crippen molar-refractivity contribution in [3.05, 3.63) is 18.0 Å². The van der Waals surface area contributed by atoms with Crippen LogP contribution in [0.4, 0.5) is 0 Å². The van der Waals surface area contributed by atoms with Crippen LogP contribution < -0.4 is 5.73 Å². The SMILES string of the molecule is CCCN(CC(=O)OC)S(=O)(=O)c1cc(C(N)=O)n(C)c1. The number of esters is 1. The lowest BCUT2D eigenvalue weighted by atomic mass is 10.4. The summed E-state index contributed by atoms with van der Waals surface area (Å²) in [6.07, 6.45) is 1.82. The zero-order valence-corrected chi connectivity index (χ0v) is 13.0. The summed E-state index contributed by atoms with van der Waals surface area (Å²) in [5.74, 6) is -1.38. The summed E-state index contributed by atoms with van der Waals surface area (Å²) in [5, 5.41) is 0. The summed E-state index contributed by atoms with van der Waals surface area (Å²) >= 11 is 0. The minimum atomic E-state index is -3.90. The number of carbonyl (C=O) groups excluding carboxylic acids is 2. The molecule has 118 valence electrons. The first-order valence-electron chi connectivity index (χ1n) is 6.27. The van der Waals surface area contributed by atoms with E-state index in [1.54, 1.807) is 6.92 Å². The Bertz CT molecular complexity index is 635. The number of nitrogens with two attached hydrogens (primary N) is 1. The molecule has 0 aliphatic heterocycles. The number of nitrogens with zero attached hydrogens (tertiary/aromatic N) is 2. The molecule has 0 fully saturated rings. The number of ether oxygens (including phenoxy) is 1. The summed E-state index contributed by atoms with van der Waals surface area (Å²) in [6.45, 7) is 1.57. The van der Waals surface area contributed by atoms with Gasteiger partial charge in [0.1, 0.15) is 17.1 Å². The standard InChI is InChI=1S/C12H19N3O5S/c1-4-5-15(8-11(16)20-3)21(18,19)9-6-10(12(13)17)14(2)7-9/h6-7H,4-5,8H2,1-3H3,(H2,13,17). The number of methoxy groups -OCH3 is 1. The summed E-state index contributed by atoms with van der Waals surface area (Å²) in [7, 11) is -1.19. The smallest absolute Gasteiger partial charge is 0.321 e. The maximum atomic E-state index is 12.5. The molecule has 2 N–H and O–H groups in total. The number of hydrogen-bond acceptors (Lipinski definition) is 5. The molecule has 1 amide bonds. The van der Waals surface area contributed by atoms with Gasteiger partial charge in [-0.05, 0) is 12.5 Å². The van der Waals surface area contributed by atoms with E-state index in [9.17, 15) is 18.0 Å². The molecule has 0 aromatic carbocycles. The Hall–Kier alpha value is -1.87. The average Bonchev–Trinajstić information content (AvgIpc) is 2.81. The number of amides is 1. The van der Waals surface area contributed by atoms with Crippen LogP contribution in [-0.2, 0) is 26.6 Å². The van der Waals surface area contributed by atoms with Gasteiger partial charge in [0, 0.05) is 19.8 Å². The van der Waals surface area contributed by atoms with Crippen molar-refractivity contribution >= 4 is 21.9 Å². The van der Waals surface area contributed by atoms with E-state index in [1.807, 2.05) is 0 Å². The van der Waals surface area contributed by atoms with Crippen LogP contribution in [0.5, 0.6) is 0 Å². The van der Waals surface area contributed by atoms with Gasteiger partial charge < -0.3 is 15.0 Å². The summed E-state index contributed by atoms with van der Waals surface area (Å²) < 4.78 is 31.9. The molecular weight excluding hydrogens is 298 g/mol. The highest BCUT2D eigenvalue weighted by molar-refractivity contribution is 7.89. The second kappa shape index (κ2) is 6.72. The molecule has 0 saturated heterocycles. The molecule has 1 heterocycles. The van der Waals surface area contributed by atoms with Crippen LogP contribution in [0.15, 0.2) is 17.2 Å². The lowest BCUT2D eigenvalue weighted by molar-refractivity contribution is -0.140. The monoisotopic (exact) mass is 317 g/mol. The van der Waals surface area contributed by atoms with Crippen molar-refractivity contribution < 1.29 is 22.7 Å². The Morgan fingerprint density at radius 3 is 2.48 bits per heavy atom. The fraction of sp³-hybridized carbons (Fsp3) is 0.500. The zero-order chi connectivity index (χ0) is 16.2. The highest BCUT2D eigenvalue weighted by atomic mass is 32.2. The second-order valence-corrected chi connectivity index (χ2v) is 6.39. The molecule has 1 aromatic rings. The van der Waals surface area contributed by atoms with Crippen LogP contribution in [0, 0.1) is 0 Å². The van der Waals surface area contributed by atoms with Gasteiger partial charge in [-0.1, -0.05) is 6.92 Å². The van der Waals surface area contributed by atoms with Crippen LogP contribution in [-0.4, -0.2) is 49.4 Å². The van der Waals surface area contributed by atoms with E-state index in [0.29, 0.717) is 6.42 Å². The Morgan fingerprint density at radius 2 is 2.05 bits per heavy atom. The average molecular weight is 317 g/mol. The van der Waals surface area contributed by atoms with E-state index in [2.05, 4.69) is 4.74 Å². The molecule has 0 unspecified atom stereocenters. The number of carbonyl (C=O) groups is 2. The Kier molecular flexibility index (Phi) is 5.50. The van der Waals surface area contributed by atoms with Gasteiger partial charge in [0.05, 0.1) is 7.11 Å². The Balaban J connectivity index is 3.19. The molecule has 1 aromatic heterocycles. The van der Waals surface area contributed by atoms with Crippen molar-refractivity contribution in [3.8, 4) is 0 Å². The molecule has 0 atom stereocenters. The van der Waals surface area contributed by atoms with Gasteiger partial charge in [-0.3, -0.25) is 9.59 Å². The van der Waals surface area contributed by atoms with Gasteiger partial charge in [-0.15, -0.1) is 0 Å². The van der Waals surface area contributed by atoms with Crippen molar-refractivity contribution in [1.82, 2.24) is 8.87 Å². The molecule has 0 aliphatic carbocycles. The molecule has 1 rings (SSSR count). The molecule has 0 saturated carbocycles. The molecule has 21 heavy (non-hydrogen) atoms. The third-order valence-electron chi connectivity index (χ3n) is 2.88. The maximum Gasteiger partial charge on any atom is 0.321 e. The number of primary amides is 1. The van der Waals surface area contributed by atoms with E-state index in [0.717, 1.165) is 4.31 Å². The Morgan fingerprint density at radius 1 is 1.43 bits per heavy atom. The fourth-order valence-electron chi connectivity index (χ4n) is 1.81. The minimum absolute atomic E-state index is 0.0723. The van der Waals surface area contributed by atoms with Crippen LogP contribution in [0.2, 0.25) is 0 Å². The second-order valence-electron chi connectivity index (χ2n) is 4.45. The lowest BCUT2D eigenvalue weighted by Gasteiger charge is -2.19. The first-order valence-corrected chi connectivity index (χ1v) is 7.71. The fourth-order valence-corrected chi connectivity index (χ4v) is 3.36. The van der Waals surface area contributed by atoms with E-state index in [-0.39, 0.29) is 23.7 Å². The third-order valence-corrected chi connectivity index (χ3v) is 4.69. The van der Waals surface area contributed by atoms with Crippen molar-refractivity contribution in [1.29, 1.82) is 0 Å². The highest BCUT2D eigenvalue weighted by Gasteiger charge is 2.28. The van der Waals surface area contributed by atoms with Crippen LogP contribution in [0.1, 0.15) is 23.8 Å². The van der Waals surface area contributed by atoms with Gasteiger partial charge in [-0.2, -0.15) is 4.31 Å². The molecule has 0 aliphatic rings.